The van der Waals surface area contributed by atoms with Crippen LogP contribution in [0.4, 0.5) is 11.4 Å². The number of benzene rings is 1. The third kappa shape index (κ3) is 2.79. The Labute approximate surface area is 91.4 Å². The molecule has 0 aliphatic carbocycles. The van der Waals surface area contributed by atoms with Gasteiger partial charge in [-0.15, -0.1) is 0 Å². The van der Waals surface area contributed by atoms with E-state index in [1.165, 1.54) is 0 Å². The van der Waals surface area contributed by atoms with E-state index < -0.39 is 0 Å². The molecule has 0 aliphatic rings. The van der Waals surface area contributed by atoms with E-state index >= 15 is 0 Å². The predicted molar refractivity (Wildman–Crippen MR) is 62.1 cm³/mol. The molecule has 0 fully saturated rings. The van der Waals surface area contributed by atoms with E-state index in [1.54, 1.807) is 12.1 Å². The number of halogens is 1. The Kier molecular flexibility index (Phi) is 3.55. The van der Waals surface area contributed by atoms with Gasteiger partial charge in [-0.25, -0.2) is 0 Å². The van der Waals surface area contributed by atoms with Crippen molar-refractivity contribution in [2.45, 2.75) is 0 Å². The van der Waals surface area contributed by atoms with Crippen LogP contribution in [-0.4, -0.2) is 6.54 Å². The van der Waals surface area contributed by atoms with E-state index in [0.717, 1.165) is 10.2 Å². The van der Waals surface area contributed by atoms with Gasteiger partial charge in [0.1, 0.15) is 6.07 Å². The Balaban J connectivity index is 2.80. The van der Waals surface area contributed by atoms with Gasteiger partial charge in [0.15, 0.2) is 0 Å². The fraction of sp³-hybridized carbons (Fsp3) is 0.100. The van der Waals surface area contributed by atoms with Crippen molar-refractivity contribution < 1.29 is 0 Å². The van der Waals surface area contributed by atoms with Crippen molar-refractivity contribution in [3.05, 3.63) is 34.8 Å². The van der Waals surface area contributed by atoms with Gasteiger partial charge in [-0.3, -0.25) is 0 Å². The van der Waals surface area contributed by atoms with Gasteiger partial charge in [0, 0.05) is 22.4 Å². The van der Waals surface area contributed by atoms with E-state index in [2.05, 4.69) is 27.8 Å². The Morgan fingerprint density at radius 2 is 2.36 bits per heavy atom. The minimum absolute atomic E-state index is 0.482. The van der Waals surface area contributed by atoms with Crippen molar-refractivity contribution in [1.82, 2.24) is 0 Å². The molecule has 0 aromatic heterocycles. The van der Waals surface area contributed by atoms with Crippen LogP contribution in [0.25, 0.3) is 0 Å². The van der Waals surface area contributed by atoms with Gasteiger partial charge in [-0.2, -0.15) is 5.26 Å². The molecule has 1 aromatic rings. The number of nitrogen functional groups attached to an aromatic ring is 1. The summed E-state index contributed by atoms with van der Waals surface area (Å²) in [6, 6.07) is 7.27. The third-order valence-corrected chi connectivity index (χ3v) is 1.94. The van der Waals surface area contributed by atoms with Gasteiger partial charge in [0.05, 0.1) is 5.56 Å². The summed E-state index contributed by atoms with van der Waals surface area (Å²) in [7, 11) is 0. The molecule has 1 aromatic carbocycles. The molecule has 3 N–H and O–H groups in total. The number of hydrogen-bond acceptors (Lipinski definition) is 3. The monoisotopic (exact) mass is 251 g/mol. The first-order valence-corrected chi connectivity index (χ1v) is 4.79. The number of nitrogens with two attached hydrogens (primary N) is 1. The minimum Gasteiger partial charge on any atom is -0.398 e. The summed E-state index contributed by atoms with van der Waals surface area (Å²) in [6.07, 6.45) is 0. The Morgan fingerprint density at radius 1 is 1.64 bits per heavy atom. The molecule has 0 saturated carbocycles. The summed E-state index contributed by atoms with van der Waals surface area (Å²) in [4.78, 5) is 0. The standard InChI is InChI=1S/C10H10BrN3/c1-7(11)6-14-9-2-3-10(13)8(4-9)5-12/h2-4,14H,1,6,13H2. The molecule has 0 saturated heterocycles. The Bertz CT molecular complexity index is 393. The molecular weight excluding hydrogens is 242 g/mol. The molecule has 0 atom stereocenters. The lowest BCUT2D eigenvalue weighted by molar-refractivity contribution is 1.32. The highest BCUT2D eigenvalue weighted by Gasteiger charge is 1.99. The van der Waals surface area contributed by atoms with Crippen LogP contribution in [0.15, 0.2) is 29.3 Å². The number of anilines is 2. The first kappa shape index (κ1) is 10.6. The highest BCUT2D eigenvalue weighted by atomic mass is 79.9. The SMILES string of the molecule is C=C(Br)CNc1ccc(N)c(C#N)c1. The highest BCUT2D eigenvalue weighted by Crippen LogP contribution is 2.17. The molecule has 72 valence electrons. The van der Waals surface area contributed by atoms with E-state index in [4.69, 9.17) is 11.0 Å². The summed E-state index contributed by atoms with van der Waals surface area (Å²) >= 11 is 3.24. The van der Waals surface area contributed by atoms with Crippen molar-refractivity contribution in [3.8, 4) is 6.07 Å². The second kappa shape index (κ2) is 4.68. The molecule has 0 heterocycles. The molecule has 0 radical (unpaired) electrons. The molecule has 0 bridgehead atoms. The molecule has 0 amide bonds. The molecule has 1 rings (SSSR count). The maximum absolute atomic E-state index is 8.74. The van der Waals surface area contributed by atoms with Gasteiger partial charge in [0.2, 0.25) is 0 Å². The van der Waals surface area contributed by atoms with E-state index in [1.807, 2.05) is 12.1 Å². The second-order valence-electron chi connectivity index (χ2n) is 2.78. The summed E-state index contributed by atoms with van der Waals surface area (Å²) in [5, 5.41) is 11.8. The fourth-order valence-electron chi connectivity index (χ4n) is 0.961. The Morgan fingerprint density at radius 3 is 2.93 bits per heavy atom. The lowest BCUT2D eigenvalue weighted by Crippen LogP contribution is -2.01. The number of nitrogens with one attached hydrogen (secondary N) is 1. The zero-order chi connectivity index (χ0) is 10.6. The second-order valence-corrected chi connectivity index (χ2v) is 3.91. The molecular formula is C10H10BrN3. The molecule has 0 aliphatic heterocycles. The van der Waals surface area contributed by atoms with Crippen LogP contribution in [0.5, 0.6) is 0 Å². The first-order chi connectivity index (χ1) is 6.63. The lowest BCUT2D eigenvalue weighted by atomic mass is 10.2. The van der Waals surface area contributed by atoms with Crippen molar-refractivity contribution in [1.29, 1.82) is 5.26 Å². The molecule has 0 spiro atoms. The zero-order valence-electron chi connectivity index (χ0n) is 7.55. The van der Waals surface area contributed by atoms with Crippen LogP contribution in [-0.2, 0) is 0 Å². The van der Waals surface area contributed by atoms with Crippen molar-refractivity contribution in [2.75, 3.05) is 17.6 Å². The van der Waals surface area contributed by atoms with Crippen LogP contribution in [0.3, 0.4) is 0 Å². The zero-order valence-corrected chi connectivity index (χ0v) is 9.13. The van der Waals surface area contributed by atoms with Crippen LogP contribution in [0.1, 0.15) is 5.56 Å². The van der Waals surface area contributed by atoms with Gasteiger partial charge >= 0.3 is 0 Å². The molecule has 0 unspecified atom stereocenters. The molecule has 4 heteroatoms. The quantitative estimate of drug-likeness (QED) is 0.812. The van der Waals surface area contributed by atoms with E-state index in [0.29, 0.717) is 17.8 Å². The third-order valence-electron chi connectivity index (χ3n) is 1.66. The maximum Gasteiger partial charge on any atom is 0.101 e. The minimum atomic E-state index is 0.482. The van der Waals surface area contributed by atoms with Gasteiger partial charge < -0.3 is 11.1 Å². The summed E-state index contributed by atoms with van der Waals surface area (Å²) in [5.41, 5.74) is 7.41. The van der Waals surface area contributed by atoms with Crippen LogP contribution in [0, 0.1) is 11.3 Å². The maximum atomic E-state index is 8.74. The van der Waals surface area contributed by atoms with Gasteiger partial charge in [-0.05, 0) is 18.2 Å². The van der Waals surface area contributed by atoms with Crippen molar-refractivity contribution in [3.63, 3.8) is 0 Å². The smallest absolute Gasteiger partial charge is 0.101 e. The topological polar surface area (TPSA) is 61.8 Å². The van der Waals surface area contributed by atoms with Crippen molar-refractivity contribution in [2.24, 2.45) is 0 Å². The van der Waals surface area contributed by atoms with Crippen LogP contribution >= 0.6 is 15.9 Å². The van der Waals surface area contributed by atoms with Crippen LogP contribution < -0.4 is 11.1 Å². The molecule has 14 heavy (non-hydrogen) atoms. The van der Waals surface area contributed by atoms with E-state index in [-0.39, 0.29) is 0 Å². The normalized spacial score (nSPS) is 9.14. The fourth-order valence-corrected chi connectivity index (χ4v) is 1.10. The van der Waals surface area contributed by atoms with Crippen LogP contribution in [0.2, 0.25) is 0 Å². The first-order valence-electron chi connectivity index (χ1n) is 4.00. The van der Waals surface area contributed by atoms with Crippen molar-refractivity contribution >= 4 is 27.3 Å². The Hall–Kier alpha value is -1.47. The lowest BCUT2D eigenvalue weighted by Gasteiger charge is -2.06. The summed E-state index contributed by atoms with van der Waals surface area (Å²) in [5.74, 6) is 0. The van der Waals surface area contributed by atoms with E-state index in [9.17, 15) is 0 Å². The molecule has 3 nitrogen and oxygen atoms in total. The summed E-state index contributed by atoms with van der Waals surface area (Å²) < 4.78 is 0.854. The number of nitrogens with zero attached hydrogens (tertiary/aromatic N) is 1. The average Bonchev–Trinajstić information content (AvgIpc) is 2.16. The van der Waals surface area contributed by atoms with Gasteiger partial charge in [-0.1, -0.05) is 22.5 Å². The average molecular weight is 252 g/mol. The number of nitriles is 1. The highest BCUT2D eigenvalue weighted by molar-refractivity contribution is 9.11. The number of rotatable bonds is 3. The van der Waals surface area contributed by atoms with Gasteiger partial charge in [0.25, 0.3) is 0 Å². The predicted octanol–water partition coefficient (Wildman–Crippen LogP) is 2.46. The largest absolute Gasteiger partial charge is 0.398 e. The summed E-state index contributed by atoms with van der Waals surface area (Å²) in [6.45, 7) is 4.31. The number of hydrogen-bond donors (Lipinski definition) is 2.